The quantitative estimate of drug-likeness (QED) is 0.205. The number of carbonyl (C=O) groups is 2. The van der Waals surface area contributed by atoms with E-state index in [1.54, 1.807) is 21.6 Å². The van der Waals surface area contributed by atoms with Crippen LogP contribution in [0.25, 0.3) is 0 Å². The third-order valence-corrected chi connectivity index (χ3v) is 6.01. The Bertz CT molecular complexity index is 510. The van der Waals surface area contributed by atoms with Crippen molar-refractivity contribution in [1.82, 2.24) is 10.6 Å². The molecule has 0 aliphatic heterocycles. The number of hydrogen-bond donors (Lipinski definition) is 2. The van der Waals surface area contributed by atoms with E-state index in [1.807, 2.05) is 41.5 Å². The Balaban J connectivity index is -0.00000338. The highest BCUT2D eigenvalue weighted by atomic mass is 33.1. The van der Waals surface area contributed by atoms with Crippen molar-refractivity contribution in [3.8, 4) is 11.8 Å². The van der Waals surface area contributed by atoms with Crippen LogP contribution < -0.4 is 10.6 Å². The highest BCUT2D eigenvalue weighted by Crippen LogP contribution is 2.36. The summed E-state index contributed by atoms with van der Waals surface area (Å²) in [5.41, 5.74) is 0. The number of rotatable bonds is 13. The number of carbonyl (C=O) groups excluding carboxylic acids is 2. The lowest BCUT2D eigenvalue weighted by molar-refractivity contribution is -0.126. The summed E-state index contributed by atoms with van der Waals surface area (Å²) >= 11 is 0. The highest BCUT2D eigenvalue weighted by molar-refractivity contribution is 8.77. The Hall–Kier alpha value is -0.880. The molecule has 27 heavy (non-hydrogen) atoms. The van der Waals surface area contributed by atoms with Crippen LogP contribution in [-0.2, 0) is 19.1 Å². The van der Waals surface area contributed by atoms with Gasteiger partial charge < -0.3 is 20.1 Å². The third kappa shape index (κ3) is 17.0. The van der Waals surface area contributed by atoms with E-state index in [0.29, 0.717) is 32.2 Å². The minimum absolute atomic E-state index is 0. The zero-order valence-electron chi connectivity index (χ0n) is 17.3. The molecule has 0 saturated carbocycles. The Kier molecular flexibility index (Phi) is 14.6. The van der Waals surface area contributed by atoms with Crippen molar-refractivity contribution in [3.05, 3.63) is 0 Å². The second-order valence-electron chi connectivity index (χ2n) is 6.90. The molecule has 0 heterocycles. The molecule has 0 atom stereocenters. The van der Waals surface area contributed by atoms with Crippen molar-refractivity contribution >= 4 is 33.4 Å². The summed E-state index contributed by atoms with van der Waals surface area (Å²) in [6.45, 7) is 13.5. The average molecular weight is 423 g/mol. The lowest BCUT2D eigenvalue weighted by Gasteiger charge is -2.23. The molecule has 0 aromatic rings. The van der Waals surface area contributed by atoms with Gasteiger partial charge in [0.05, 0.1) is 19.8 Å². The maximum Gasteiger partial charge on any atom is 0.246 e. The SMILES string of the molecule is CC(C)C#CCNC(=O)COCCOC(C)(C)SSCCNC(=O)C(C)C.[HH].[HH]. The van der Waals surface area contributed by atoms with Crippen molar-refractivity contribution in [2.45, 2.75) is 46.5 Å². The zero-order valence-corrected chi connectivity index (χ0v) is 19.0. The van der Waals surface area contributed by atoms with E-state index in [2.05, 4.69) is 22.5 Å². The minimum atomic E-state index is -0.370. The summed E-state index contributed by atoms with van der Waals surface area (Å²) in [5, 5.41) is 5.57. The zero-order chi connectivity index (χ0) is 20.7. The van der Waals surface area contributed by atoms with Gasteiger partial charge in [-0.05, 0) is 13.8 Å². The summed E-state index contributed by atoms with van der Waals surface area (Å²) in [5.74, 6) is 6.88. The topological polar surface area (TPSA) is 76.7 Å². The molecule has 160 valence electrons. The molecule has 0 unspecified atom stereocenters. The summed E-state index contributed by atoms with van der Waals surface area (Å²) in [7, 11) is 3.27. The van der Waals surface area contributed by atoms with Gasteiger partial charge in [0, 0.05) is 27.0 Å². The normalized spacial score (nSPS) is 11.3. The lowest BCUT2D eigenvalue weighted by atomic mass is 10.2. The maximum atomic E-state index is 11.6. The molecule has 8 heteroatoms. The fourth-order valence-corrected chi connectivity index (χ4v) is 3.77. The molecule has 0 spiro atoms. The first-order chi connectivity index (χ1) is 12.6. The molecule has 6 nitrogen and oxygen atoms in total. The smallest absolute Gasteiger partial charge is 0.246 e. The molecular weight excluding hydrogens is 384 g/mol. The second kappa shape index (κ2) is 15.1. The van der Waals surface area contributed by atoms with E-state index in [4.69, 9.17) is 9.47 Å². The molecule has 2 N–H and O–H groups in total. The van der Waals surface area contributed by atoms with Gasteiger partial charge in [-0.1, -0.05) is 61.1 Å². The first-order valence-corrected chi connectivity index (χ1v) is 11.5. The average Bonchev–Trinajstić information content (AvgIpc) is 2.57. The van der Waals surface area contributed by atoms with Gasteiger partial charge in [-0.15, -0.1) is 0 Å². The van der Waals surface area contributed by atoms with Crippen molar-refractivity contribution in [3.63, 3.8) is 0 Å². The van der Waals surface area contributed by atoms with E-state index in [0.717, 1.165) is 5.75 Å². The van der Waals surface area contributed by atoms with Crippen LogP contribution in [-0.4, -0.2) is 55.4 Å². The van der Waals surface area contributed by atoms with Crippen LogP contribution in [0.15, 0.2) is 0 Å². The second-order valence-corrected chi connectivity index (χ2v) is 9.91. The Morgan fingerprint density at radius 2 is 1.85 bits per heavy atom. The molecule has 0 fully saturated rings. The van der Waals surface area contributed by atoms with Crippen molar-refractivity contribution in [1.29, 1.82) is 0 Å². The van der Waals surface area contributed by atoms with Crippen LogP contribution in [0.1, 0.15) is 44.4 Å². The van der Waals surface area contributed by atoms with Crippen LogP contribution in [0.2, 0.25) is 0 Å². The van der Waals surface area contributed by atoms with Gasteiger partial charge in [0.25, 0.3) is 0 Å². The molecule has 0 aliphatic rings. The summed E-state index contributed by atoms with van der Waals surface area (Å²) in [4.78, 5) is 22.6. The van der Waals surface area contributed by atoms with Crippen molar-refractivity contribution < 1.29 is 21.9 Å². The van der Waals surface area contributed by atoms with Crippen LogP contribution >= 0.6 is 21.6 Å². The van der Waals surface area contributed by atoms with Gasteiger partial charge in [-0.2, -0.15) is 0 Å². The minimum Gasteiger partial charge on any atom is -0.369 e. The first-order valence-electron chi connectivity index (χ1n) is 9.19. The van der Waals surface area contributed by atoms with Crippen LogP contribution in [0.4, 0.5) is 0 Å². The van der Waals surface area contributed by atoms with Crippen molar-refractivity contribution in [2.75, 3.05) is 38.7 Å². The summed E-state index contributed by atoms with van der Waals surface area (Å²) < 4.78 is 11.1. The number of ether oxygens (including phenoxy) is 2. The Morgan fingerprint density at radius 1 is 1.15 bits per heavy atom. The fourth-order valence-electron chi connectivity index (χ4n) is 1.59. The molecule has 0 aromatic heterocycles. The van der Waals surface area contributed by atoms with Crippen molar-refractivity contribution in [2.24, 2.45) is 11.8 Å². The van der Waals surface area contributed by atoms with Crippen LogP contribution in [0.5, 0.6) is 0 Å². The Morgan fingerprint density at radius 3 is 2.48 bits per heavy atom. The van der Waals surface area contributed by atoms with E-state index in [9.17, 15) is 9.59 Å². The highest BCUT2D eigenvalue weighted by Gasteiger charge is 2.19. The number of nitrogens with one attached hydrogen (secondary N) is 2. The van der Waals surface area contributed by atoms with E-state index >= 15 is 0 Å². The molecule has 0 saturated heterocycles. The molecule has 0 rings (SSSR count). The largest absolute Gasteiger partial charge is 0.369 e. The molecule has 0 bridgehead atoms. The standard InChI is InChI=1S/C19H34N2O4S2.2H2/c1-15(2)8-7-9-20-17(22)14-24-11-12-25-19(5,6)27-26-13-10-21-18(23)16(3)4;;/h15-16H,9-14H2,1-6H3,(H,20,22)(H,21,23);2*1H. The van der Waals surface area contributed by atoms with Gasteiger partial charge in [-0.25, -0.2) is 0 Å². The molecule has 0 aromatic carbocycles. The number of hydrogen-bond acceptors (Lipinski definition) is 6. The maximum absolute atomic E-state index is 11.6. The van der Waals surface area contributed by atoms with E-state index in [-0.39, 0.29) is 32.1 Å². The third-order valence-electron chi connectivity index (χ3n) is 2.94. The fraction of sp³-hybridized carbons (Fsp3) is 0.789. The van der Waals surface area contributed by atoms with Gasteiger partial charge in [0.15, 0.2) is 0 Å². The van der Waals surface area contributed by atoms with Gasteiger partial charge >= 0.3 is 0 Å². The summed E-state index contributed by atoms with van der Waals surface area (Å²) in [6.07, 6.45) is 0. The predicted molar refractivity (Wildman–Crippen MR) is 119 cm³/mol. The number of amides is 2. The predicted octanol–water partition coefficient (Wildman–Crippen LogP) is 3.18. The van der Waals surface area contributed by atoms with Gasteiger partial charge in [0.1, 0.15) is 11.5 Å². The van der Waals surface area contributed by atoms with E-state index in [1.165, 1.54) is 0 Å². The molecular formula is C19H38N2O4S2. The lowest BCUT2D eigenvalue weighted by Crippen LogP contribution is -2.30. The van der Waals surface area contributed by atoms with E-state index < -0.39 is 0 Å². The van der Waals surface area contributed by atoms with Crippen LogP contribution in [0.3, 0.4) is 0 Å². The van der Waals surface area contributed by atoms with Crippen LogP contribution in [0, 0.1) is 23.7 Å². The molecule has 2 amide bonds. The summed E-state index contributed by atoms with van der Waals surface area (Å²) in [6, 6.07) is 0. The van der Waals surface area contributed by atoms with Gasteiger partial charge in [-0.3, -0.25) is 9.59 Å². The monoisotopic (exact) mass is 422 g/mol. The molecule has 0 radical (unpaired) electrons. The molecule has 0 aliphatic carbocycles. The van der Waals surface area contributed by atoms with Gasteiger partial charge in [0.2, 0.25) is 11.8 Å². The Labute approximate surface area is 175 Å². The first kappa shape index (κ1) is 26.1.